The molecule has 8 nitrogen and oxygen atoms in total. The van der Waals surface area contributed by atoms with Crippen molar-refractivity contribution in [2.45, 2.75) is 52.5 Å². The van der Waals surface area contributed by atoms with Crippen LogP contribution >= 0.6 is 11.6 Å². The summed E-state index contributed by atoms with van der Waals surface area (Å²) >= 11 is 6.19. The molecule has 0 N–H and O–H groups in total. The van der Waals surface area contributed by atoms with Crippen molar-refractivity contribution in [1.29, 1.82) is 0 Å². The first-order chi connectivity index (χ1) is 20.7. The van der Waals surface area contributed by atoms with Crippen LogP contribution in [0.25, 0.3) is 16.8 Å². The van der Waals surface area contributed by atoms with Crippen molar-refractivity contribution in [3.05, 3.63) is 106 Å². The Morgan fingerprint density at radius 1 is 0.977 bits per heavy atom. The van der Waals surface area contributed by atoms with E-state index in [-0.39, 0.29) is 47.1 Å². The van der Waals surface area contributed by atoms with E-state index in [9.17, 15) is 22.8 Å². The quantitative estimate of drug-likeness (QED) is 0.127. The van der Waals surface area contributed by atoms with Crippen molar-refractivity contribution in [2.75, 3.05) is 0 Å². The smallest absolute Gasteiger partial charge is 0.436 e. The van der Waals surface area contributed by atoms with Gasteiger partial charge in [0, 0.05) is 18.9 Å². The lowest BCUT2D eigenvalue weighted by molar-refractivity contribution is -0.141. The van der Waals surface area contributed by atoms with Crippen LogP contribution in [-0.4, -0.2) is 32.1 Å². The second-order valence-electron chi connectivity index (χ2n) is 11.0. The molecule has 2 heterocycles. The summed E-state index contributed by atoms with van der Waals surface area (Å²) in [6.45, 7) is 6.58. The van der Waals surface area contributed by atoms with Crippen LogP contribution < -0.4 is 4.74 Å². The fourth-order valence-electron chi connectivity index (χ4n) is 4.42. The average molecular weight is 626 g/mol. The number of halogens is 4. The molecule has 0 saturated heterocycles. The van der Waals surface area contributed by atoms with E-state index in [4.69, 9.17) is 25.5 Å². The fourth-order valence-corrected chi connectivity index (χ4v) is 4.70. The summed E-state index contributed by atoms with van der Waals surface area (Å²) in [6.07, 6.45) is -4.81. The molecule has 0 aliphatic heterocycles. The molecule has 12 heteroatoms. The van der Waals surface area contributed by atoms with Gasteiger partial charge < -0.3 is 13.9 Å². The number of carbonyl (C=O) groups excluding carboxylic acids is 2. The zero-order valence-electron chi connectivity index (χ0n) is 24.2. The van der Waals surface area contributed by atoms with Crippen molar-refractivity contribution < 1.29 is 36.7 Å². The maximum atomic E-state index is 13.8. The Morgan fingerprint density at radius 2 is 1.70 bits per heavy atom. The van der Waals surface area contributed by atoms with Crippen LogP contribution in [0.2, 0.25) is 5.02 Å². The Bertz CT molecular complexity index is 1850. The number of carbonyl (C=O) groups is 2. The van der Waals surface area contributed by atoms with Crippen LogP contribution in [0.3, 0.4) is 0 Å². The third-order valence-corrected chi connectivity index (χ3v) is 6.78. The molecule has 3 aromatic carbocycles. The second-order valence-corrected chi connectivity index (χ2v) is 11.4. The molecule has 0 amide bonds. The van der Waals surface area contributed by atoms with E-state index < -0.39 is 28.5 Å². The van der Waals surface area contributed by atoms with E-state index in [0.717, 1.165) is 4.68 Å². The Hall–Kier alpha value is -4.64. The van der Waals surface area contributed by atoms with Crippen molar-refractivity contribution in [1.82, 2.24) is 14.8 Å². The number of nitrogens with zero attached hydrogens (tertiary/aromatic N) is 3. The first-order valence-electron chi connectivity index (χ1n) is 13.5. The standard InChI is InChI=1S/C32H27ClF3N3O5/c1-18-37-24-13-8-19(15-27(24)43-18)14-26(40)21-6-5-7-22(16-21)39-25(28(33)29(38-39)32(34,35)36)17-42-23-11-9-20(10-12-23)30(41)44-31(2,3)4/h5-13,15-16H,14,17H2,1-4H3. The Balaban J connectivity index is 1.39. The molecular formula is C32H27ClF3N3O5. The molecule has 0 saturated carbocycles. The molecule has 2 aromatic heterocycles. The minimum absolute atomic E-state index is 0.0298. The van der Waals surface area contributed by atoms with Crippen molar-refractivity contribution in [3.8, 4) is 11.4 Å². The maximum Gasteiger partial charge on any atom is 0.436 e. The number of ketones is 1. The third kappa shape index (κ3) is 6.94. The molecule has 0 aliphatic rings. The van der Waals surface area contributed by atoms with Gasteiger partial charge in [-0.3, -0.25) is 4.79 Å². The third-order valence-electron chi connectivity index (χ3n) is 6.39. The van der Waals surface area contributed by atoms with E-state index in [1.807, 2.05) is 0 Å². The van der Waals surface area contributed by atoms with E-state index >= 15 is 0 Å². The summed E-state index contributed by atoms with van der Waals surface area (Å²) in [5.41, 5.74) is 0.613. The monoisotopic (exact) mass is 625 g/mol. The van der Waals surface area contributed by atoms with Crippen LogP contribution in [0.5, 0.6) is 5.75 Å². The molecule has 0 spiro atoms. The van der Waals surface area contributed by atoms with Crippen molar-refractivity contribution >= 4 is 34.5 Å². The van der Waals surface area contributed by atoms with Gasteiger partial charge in [0.2, 0.25) is 0 Å². The van der Waals surface area contributed by atoms with E-state index in [1.54, 1.807) is 58.0 Å². The number of hydrogen-bond acceptors (Lipinski definition) is 7. The Kier molecular flexibility index (Phi) is 8.26. The predicted molar refractivity (Wildman–Crippen MR) is 156 cm³/mol. The topological polar surface area (TPSA) is 96.5 Å². The summed E-state index contributed by atoms with van der Waals surface area (Å²) in [4.78, 5) is 29.7. The SMILES string of the molecule is Cc1nc2ccc(CC(=O)c3cccc(-n4nc(C(F)(F)F)c(Cl)c4COc4ccc(C(=O)OC(C)(C)C)cc4)c3)cc2o1. The number of fused-ring (bicyclic) bond motifs is 1. The fraction of sp³-hybridized carbons (Fsp3) is 0.250. The largest absolute Gasteiger partial charge is 0.487 e. The first-order valence-corrected chi connectivity index (χ1v) is 13.9. The summed E-state index contributed by atoms with van der Waals surface area (Å²) in [6, 6.07) is 17.3. The Morgan fingerprint density at radius 3 is 2.39 bits per heavy atom. The number of hydrogen-bond donors (Lipinski definition) is 0. The molecule has 0 aliphatic carbocycles. The number of aryl methyl sites for hydroxylation is 1. The lowest BCUT2D eigenvalue weighted by atomic mass is 10.0. The summed E-state index contributed by atoms with van der Waals surface area (Å²) in [7, 11) is 0. The maximum absolute atomic E-state index is 13.8. The number of rotatable bonds is 8. The van der Waals surface area contributed by atoms with Gasteiger partial charge >= 0.3 is 12.1 Å². The number of esters is 1. The molecule has 5 rings (SSSR count). The van der Waals surface area contributed by atoms with Gasteiger partial charge in [-0.05, 0) is 74.9 Å². The van der Waals surface area contributed by atoms with Crippen LogP contribution in [0.1, 0.15) is 64.3 Å². The summed E-state index contributed by atoms with van der Waals surface area (Å²) in [5, 5.41) is 3.11. The molecule has 44 heavy (non-hydrogen) atoms. The highest BCUT2D eigenvalue weighted by atomic mass is 35.5. The highest BCUT2D eigenvalue weighted by Gasteiger charge is 2.39. The van der Waals surface area contributed by atoms with Gasteiger partial charge in [0.05, 0.1) is 16.3 Å². The number of aromatic nitrogens is 3. The van der Waals surface area contributed by atoms with Gasteiger partial charge in [-0.25, -0.2) is 14.5 Å². The first kappa shape index (κ1) is 30.8. The highest BCUT2D eigenvalue weighted by Crippen LogP contribution is 2.37. The summed E-state index contributed by atoms with van der Waals surface area (Å²) in [5.74, 6) is -0.00919. The summed E-state index contributed by atoms with van der Waals surface area (Å²) < 4.78 is 59.1. The van der Waals surface area contributed by atoms with Gasteiger partial charge in [0.15, 0.2) is 23.0 Å². The van der Waals surface area contributed by atoms with Gasteiger partial charge in [-0.15, -0.1) is 0 Å². The molecule has 0 unspecified atom stereocenters. The van der Waals surface area contributed by atoms with Gasteiger partial charge in [-0.2, -0.15) is 18.3 Å². The molecule has 0 radical (unpaired) electrons. The average Bonchev–Trinajstić information content (AvgIpc) is 3.49. The van der Waals surface area contributed by atoms with E-state index in [0.29, 0.717) is 22.6 Å². The number of alkyl halides is 3. The zero-order chi connectivity index (χ0) is 31.8. The van der Waals surface area contributed by atoms with E-state index in [2.05, 4.69) is 10.1 Å². The Labute approximate surface area is 255 Å². The van der Waals surface area contributed by atoms with Gasteiger partial charge in [-0.1, -0.05) is 29.8 Å². The zero-order valence-corrected chi connectivity index (χ0v) is 24.9. The molecule has 0 atom stereocenters. The molecule has 5 aromatic rings. The van der Waals surface area contributed by atoms with Crippen LogP contribution in [0.4, 0.5) is 13.2 Å². The van der Waals surface area contributed by atoms with Crippen LogP contribution in [-0.2, 0) is 23.9 Å². The van der Waals surface area contributed by atoms with Crippen molar-refractivity contribution in [3.63, 3.8) is 0 Å². The second kappa shape index (κ2) is 11.8. The number of ether oxygens (including phenoxy) is 2. The minimum atomic E-state index is -4.84. The lowest BCUT2D eigenvalue weighted by Gasteiger charge is -2.19. The van der Waals surface area contributed by atoms with Crippen molar-refractivity contribution in [2.24, 2.45) is 0 Å². The molecular weight excluding hydrogens is 599 g/mol. The number of oxazole rings is 1. The molecule has 228 valence electrons. The van der Waals surface area contributed by atoms with Gasteiger partial charge in [0.1, 0.15) is 29.2 Å². The normalized spacial score (nSPS) is 12.0. The van der Waals surface area contributed by atoms with Gasteiger partial charge in [0.25, 0.3) is 0 Å². The number of Topliss-reactive ketones (excluding diaryl/α,β-unsaturated/α-hetero) is 1. The van der Waals surface area contributed by atoms with Crippen LogP contribution in [0, 0.1) is 6.92 Å². The highest BCUT2D eigenvalue weighted by molar-refractivity contribution is 6.32. The predicted octanol–water partition coefficient (Wildman–Crippen LogP) is 7.95. The molecule has 0 bridgehead atoms. The van der Waals surface area contributed by atoms with Crippen LogP contribution in [0.15, 0.2) is 71.1 Å². The number of benzene rings is 3. The molecule has 0 fully saturated rings. The minimum Gasteiger partial charge on any atom is -0.487 e. The van der Waals surface area contributed by atoms with E-state index in [1.165, 1.54) is 36.4 Å². The lowest BCUT2D eigenvalue weighted by Crippen LogP contribution is -2.23.